The fourth-order valence-electron chi connectivity index (χ4n) is 4.06. The molecule has 0 aliphatic heterocycles. The van der Waals surface area contributed by atoms with E-state index in [1.165, 1.54) is 56.2 Å². The highest BCUT2D eigenvalue weighted by atomic mass is 32.2. The summed E-state index contributed by atoms with van der Waals surface area (Å²) in [7, 11) is 0.415. The second-order valence-corrected chi connectivity index (χ2v) is 11.4. The van der Waals surface area contributed by atoms with E-state index >= 15 is 0 Å². The van der Waals surface area contributed by atoms with Gasteiger partial charge in [0.2, 0.25) is 15.9 Å². The zero-order valence-corrected chi connectivity index (χ0v) is 24.6. The van der Waals surface area contributed by atoms with Crippen molar-refractivity contribution in [3.8, 4) is 11.5 Å². The molecule has 1 heterocycles. The average molecular weight is 613 g/mol. The molecule has 0 fully saturated rings. The summed E-state index contributed by atoms with van der Waals surface area (Å²) in [6.45, 7) is 0.186. The quantitative estimate of drug-likeness (QED) is 0.146. The molecular weight excluding hydrogens is 584 g/mol. The van der Waals surface area contributed by atoms with Crippen molar-refractivity contribution in [2.75, 3.05) is 32.4 Å². The number of thioether (sulfide) groups is 1. The van der Waals surface area contributed by atoms with E-state index in [1.54, 1.807) is 30.3 Å². The summed E-state index contributed by atoms with van der Waals surface area (Å²) >= 11 is 1.05. The number of esters is 1. The summed E-state index contributed by atoms with van der Waals surface area (Å²) < 4.78 is 39.9. The number of nitrogens with zero attached hydrogens (tertiary/aromatic N) is 2. The first-order valence-corrected chi connectivity index (χ1v) is 15.0. The maximum atomic E-state index is 13.6. The predicted molar refractivity (Wildman–Crippen MR) is 158 cm³/mol. The van der Waals surface area contributed by atoms with E-state index < -0.39 is 16.0 Å². The minimum absolute atomic E-state index is 0.0204. The van der Waals surface area contributed by atoms with E-state index in [4.69, 9.17) is 19.3 Å². The van der Waals surface area contributed by atoms with Crippen molar-refractivity contribution in [2.24, 2.45) is 5.14 Å². The van der Waals surface area contributed by atoms with Crippen LogP contribution in [-0.4, -0.2) is 56.9 Å². The van der Waals surface area contributed by atoms with Crippen LogP contribution in [-0.2, 0) is 32.5 Å². The van der Waals surface area contributed by atoms with Crippen LogP contribution in [0.15, 0.2) is 75.5 Å². The van der Waals surface area contributed by atoms with Crippen molar-refractivity contribution in [3.05, 3.63) is 82.1 Å². The lowest BCUT2D eigenvalue weighted by molar-refractivity contribution is -0.113. The van der Waals surface area contributed by atoms with Gasteiger partial charge in [-0.3, -0.25) is 14.2 Å². The van der Waals surface area contributed by atoms with Gasteiger partial charge in [0.1, 0.15) is 11.5 Å². The van der Waals surface area contributed by atoms with Gasteiger partial charge in [0, 0.05) is 12.6 Å². The number of hydrogen-bond acceptors (Lipinski definition) is 10. The molecule has 1 aromatic heterocycles. The van der Waals surface area contributed by atoms with Crippen LogP contribution in [0.4, 0.5) is 5.69 Å². The number of aromatic nitrogens is 2. The number of methoxy groups -OCH3 is 3. The van der Waals surface area contributed by atoms with Gasteiger partial charge in [-0.2, -0.15) is 0 Å². The van der Waals surface area contributed by atoms with E-state index in [-0.39, 0.29) is 50.3 Å². The van der Waals surface area contributed by atoms with Gasteiger partial charge in [-0.15, -0.1) is 0 Å². The molecule has 0 saturated carbocycles. The zero-order chi connectivity index (χ0) is 30.4. The molecule has 14 heteroatoms. The summed E-state index contributed by atoms with van der Waals surface area (Å²) in [5.74, 6) is -0.0575. The largest absolute Gasteiger partial charge is 0.497 e. The molecule has 0 saturated heterocycles. The lowest BCUT2D eigenvalue weighted by Crippen LogP contribution is -2.25. The number of nitrogens with one attached hydrogen (secondary N) is 1. The molecule has 1 amide bonds. The fraction of sp³-hybridized carbons (Fsp3) is 0.214. The van der Waals surface area contributed by atoms with E-state index in [0.29, 0.717) is 23.6 Å². The second-order valence-electron chi connectivity index (χ2n) is 8.92. The number of ether oxygens (including phenoxy) is 3. The van der Waals surface area contributed by atoms with E-state index in [9.17, 15) is 22.8 Å². The Morgan fingerprint density at radius 1 is 1.00 bits per heavy atom. The van der Waals surface area contributed by atoms with Crippen molar-refractivity contribution in [1.29, 1.82) is 0 Å². The number of primary sulfonamides is 1. The summed E-state index contributed by atoms with van der Waals surface area (Å²) in [5.41, 5.74) is 1.34. The maximum absolute atomic E-state index is 13.6. The lowest BCUT2D eigenvalue weighted by atomic mass is 10.1. The minimum atomic E-state index is -3.84. The van der Waals surface area contributed by atoms with Crippen molar-refractivity contribution in [2.45, 2.75) is 23.0 Å². The summed E-state index contributed by atoms with van der Waals surface area (Å²) in [5, 5.41) is 8.50. The van der Waals surface area contributed by atoms with Gasteiger partial charge >= 0.3 is 5.97 Å². The molecule has 0 spiro atoms. The Morgan fingerprint density at radius 2 is 1.74 bits per heavy atom. The van der Waals surface area contributed by atoms with Gasteiger partial charge in [0.05, 0.1) is 54.1 Å². The molecule has 0 radical (unpaired) electrons. The first kappa shape index (κ1) is 30.6. The number of fused-ring (bicyclic) bond motifs is 1. The number of hydrogen-bond donors (Lipinski definition) is 2. The number of amides is 1. The van der Waals surface area contributed by atoms with Gasteiger partial charge < -0.3 is 19.5 Å². The van der Waals surface area contributed by atoms with Crippen LogP contribution < -0.4 is 25.5 Å². The molecular formula is C28H28N4O8S2. The highest BCUT2D eigenvalue weighted by Crippen LogP contribution is 2.29. The molecule has 220 valence electrons. The Balaban J connectivity index is 1.62. The fourth-order valence-corrected chi connectivity index (χ4v) is 5.40. The lowest BCUT2D eigenvalue weighted by Gasteiger charge is -2.14. The van der Waals surface area contributed by atoms with Crippen LogP contribution in [0.2, 0.25) is 0 Å². The third-order valence-electron chi connectivity index (χ3n) is 6.23. The minimum Gasteiger partial charge on any atom is -0.497 e. The number of carbonyl (C=O) groups excluding carboxylic acids is 2. The molecule has 3 aromatic carbocycles. The standard InChI is InChI=1S/C28H28N4O8S2/c1-38-19-7-11-22(24(15-19)39-2)30-25(33)16-41-28-31-23-14-18(27(35)40-3)6-10-21(23)26(34)32(28)13-12-17-4-8-20(9-5-17)42(29,36)37/h4-11,14-15H,12-13,16H2,1-3H3,(H,30,33)(H2,29,36,37). The van der Waals surface area contributed by atoms with E-state index in [1.807, 2.05) is 0 Å². The van der Waals surface area contributed by atoms with E-state index in [2.05, 4.69) is 10.3 Å². The van der Waals surface area contributed by atoms with Gasteiger partial charge in [0.15, 0.2) is 5.16 Å². The molecule has 12 nitrogen and oxygen atoms in total. The topological polar surface area (TPSA) is 169 Å². The third kappa shape index (κ3) is 7.08. The van der Waals surface area contributed by atoms with Crippen LogP contribution in [0.3, 0.4) is 0 Å². The Morgan fingerprint density at radius 3 is 2.38 bits per heavy atom. The van der Waals surface area contributed by atoms with Crippen molar-refractivity contribution < 1.29 is 32.2 Å². The molecule has 0 unspecified atom stereocenters. The molecule has 0 aliphatic carbocycles. The Hall–Kier alpha value is -4.40. The number of aryl methyl sites for hydroxylation is 1. The monoisotopic (exact) mass is 612 g/mol. The van der Waals surface area contributed by atoms with Gasteiger partial charge in [-0.1, -0.05) is 23.9 Å². The van der Waals surface area contributed by atoms with Gasteiger partial charge in [-0.05, 0) is 54.4 Å². The Labute approximate surface area is 245 Å². The van der Waals surface area contributed by atoms with Crippen molar-refractivity contribution in [3.63, 3.8) is 0 Å². The van der Waals surface area contributed by atoms with Crippen LogP contribution in [0, 0.1) is 0 Å². The molecule has 4 rings (SSSR count). The third-order valence-corrected chi connectivity index (χ3v) is 8.14. The van der Waals surface area contributed by atoms with Crippen LogP contribution in [0.1, 0.15) is 15.9 Å². The highest BCUT2D eigenvalue weighted by molar-refractivity contribution is 7.99. The summed E-state index contributed by atoms with van der Waals surface area (Å²) in [6.07, 6.45) is 0.362. The van der Waals surface area contributed by atoms with Crippen LogP contribution in [0.25, 0.3) is 10.9 Å². The zero-order valence-electron chi connectivity index (χ0n) is 22.9. The maximum Gasteiger partial charge on any atom is 0.337 e. The van der Waals surface area contributed by atoms with Gasteiger partial charge in [-0.25, -0.2) is 23.3 Å². The Kier molecular flexibility index (Phi) is 9.50. The molecule has 42 heavy (non-hydrogen) atoms. The predicted octanol–water partition coefficient (Wildman–Crippen LogP) is 2.82. The first-order chi connectivity index (χ1) is 20.0. The number of benzene rings is 3. The molecule has 0 aliphatic rings. The van der Waals surface area contributed by atoms with Crippen LogP contribution in [0.5, 0.6) is 11.5 Å². The summed E-state index contributed by atoms with van der Waals surface area (Å²) in [6, 6.07) is 15.4. The number of anilines is 1. The van der Waals surface area contributed by atoms with Crippen molar-refractivity contribution >= 4 is 50.3 Å². The first-order valence-electron chi connectivity index (χ1n) is 12.4. The molecule has 4 aromatic rings. The number of sulfonamides is 1. The number of carbonyl (C=O) groups is 2. The number of nitrogens with two attached hydrogens (primary N) is 1. The second kappa shape index (κ2) is 13.1. The average Bonchev–Trinajstić information content (AvgIpc) is 2.98. The number of rotatable bonds is 11. The van der Waals surface area contributed by atoms with Crippen molar-refractivity contribution in [1.82, 2.24) is 9.55 Å². The van der Waals surface area contributed by atoms with Crippen LogP contribution >= 0.6 is 11.8 Å². The highest BCUT2D eigenvalue weighted by Gasteiger charge is 2.17. The summed E-state index contributed by atoms with van der Waals surface area (Å²) in [4.78, 5) is 43.1. The smallest absolute Gasteiger partial charge is 0.337 e. The normalized spacial score (nSPS) is 11.2. The molecule has 0 atom stereocenters. The molecule has 0 bridgehead atoms. The SMILES string of the molecule is COC(=O)c1ccc2c(=O)n(CCc3ccc(S(N)(=O)=O)cc3)c(SCC(=O)Nc3ccc(OC)cc3OC)nc2c1. The van der Waals surface area contributed by atoms with Gasteiger partial charge in [0.25, 0.3) is 5.56 Å². The molecule has 3 N–H and O–H groups in total. The van der Waals surface area contributed by atoms with E-state index in [0.717, 1.165) is 17.3 Å². The Bertz CT molecular complexity index is 1810.